The number of benzene rings is 1. The summed E-state index contributed by atoms with van der Waals surface area (Å²) in [6, 6.07) is 4.15. The Labute approximate surface area is 206 Å². The van der Waals surface area contributed by atoms with Gasteiger partial charge in [-0.3, -0.25) is 9.59 Å². The number of nitrogens with one attached hydrogen (secondary N) is 2. The summed E-state index contributed by atoms with van der Waals surface area (Å²) in [4.78, 5) is 41.4. The summed E-state index contributed by atoms with van der Waals surface area (Å²) in [5.41, 5.74) is 1.30. The highest BCUT2D eigenvalue weighted by Crippen LogP contribution is 2.32. The van der Waals surface area contributed by atoms with Crippen LogP contribution in [0.3, 0.4) is 0 Å². The summed E-state index contributed by atoms with van der Waals surface area (Å²) in [6.45, 7) is 20.5. The Morgan fingerprint density at radius 3 is 2.09 bits per heavy atom. The molecule has 0 aromatic heterocycles. The number of hydrogen-bond donors (Lipinski definition) is 2. The average molecular weight is 476 g/mol. The normalized spacial score (nSPS) is 14.6. The van der Waals surface area contributed by atoms with Crippen LogP contribution < -0.4 is 10.6 Å². The lowest BCUT2D eigenvalue weighted by molar-refractivity contribution is -0.148. The van der Waals surface area contributed by atoms with Gasteiger partial charge in [-0.25, -0.2) is 4.79 Å². The molecule has 34 heavy (non-hydrogen) atoms. The van der Waals surface area contributed by atoms with E-state index >= 15 is 0 Å². The second kappa shape index (κ2) is 11.7. The van der Waals surface area contributed by atoms with Gasteiger partial charge in [0.05, 0.1) is 0 Å². The largest absolute Gasteiger partial charge is 0.444 e. The van der Waals surface area contributed by atoms with Crippen LogP contribution in [0.1, 0.15) is 97.9 Å². The van der Waals surface area contributed by atoms with Crippen LogP contribution in [-0.4, -0.2) is 46.0 Å². The summed E-state index contributed by atoms with van der Waals surface area (Å²) in [7, 11) is 0. The summed E-state index contributed by atoms with van der Waals surface area (Å²) >= 11 is 0. The second-order valence-electron chi connectivity index (χ2n) is 11.2. The first-order valence-corrected chi connectivity index (χ1v) is 12.2. The van der Waals surface area contributed by atoms with Gasteiger partial charge < -0.3 is 20.3 Å². The number of ether oxygens (including phenoxy) is 1. The zero-order chi connectivity index (χ0) is 26.4. The molecule has 0 aliphatic heterocycles. The van der Waals surface area contributed by atoms with Crippen molar-refractivity contribution in [3.63, 3.8) is 0 Å². The van der Waals surface area contributed by atoms with Gasteiger partial charge in [-0.15, -0.1) is 0 Å². The van der Waals surface area contributed by atoms with Crippen molar-refractivity contribution in [1.29, 1.82) is 0 Å². The number of aryl methyl sites for hydroxylation is 2. The molecular weight excluding hydrogens is 430 g/mol. The maximum Gasteiger partial charge on any atom is 0.408 e. The molecule has 0 spiro atoms. The van der Waals surface area contributed by atoms with Gasteiger partial charge in [-0.2, -0.15) is 0 Å². The minimum atomic E-state index is -0.887. The molecule has 0 heterocycles. The maximum atomic E-state index is 13.8. The van der Waals surface area contributed by atoms with Gasteiger partial charge >= 0.3 is 6.09 Å². The Hall–Kier alpha value is -2.57. The number of amides is 3. The van der Waals surface area contributed by atoms with Crippen LogP contribution in [0.4, 0.5) is 4.79 Å². The SMILES string of the molecule is CCCC(C)NC(=O)C(c1cc(C)ccc1C)N(C(=O)C(C)NC(=O)OC(C)(C)C)C(C)(C)C. The highest BCUT2D eigenvalue weighted by molar-refractivity contribution is 5.92. The van der Waals surface area contributed by atoms with Crippen molar-refractivity contribution in [3.05, 3.63) is 34.9 Å². The lowest BCUT2D eigenvalue weighted by Crippen LogP contribution is -2.58. The number of rotatable bonds is 8. The molecule has 0 radical (unpaired) electrons. The third-order valence-electron chi connectivity index (χ3n) is 5.41. The van der Waals surface area contributed by atoms with Crippen LogP contribution in [0.25, 0.3) is 0 Å². The van der Waals surface area contributed by atoms with Gasteiger partial charge in [0.25, 0.3) is 0 Å². The fourth-order valence-corrected chi connectivity index (χ4v) is 3.88. The number of hydrogen-bond acceptors (Lipinski definition) is 4. The summed E-state index contributed by atoms with van der Waals surface area (Å²) < 4.78 is 5.33. The van der Waals surface area contributed by atoms with Crippen molar-refractivity contribution in [2.75, 3.05) is 0 Å². The Morgan fingerprint density at radius 1 is 1.00 bits per heavy atom. The molecule has 192 valence electrons. The molecular formula is C27H45N3O4. The van der Waals surface area contributed by atoms with Crippen LogP contribution in [0.5, 0.6) is 0 Å². The van der Waals surface area contributed by atoms with E-state index in [1.807, 2.05) is 59.7 Å². The van der Waals surface area contributed by atoms with Crippen molar-refractivity contribution in [1.82, 2.24) is 15.5 Å². The monoisotopic (exact) mass is 475 g/mol. The zero-order valence-corrected chi connectivity index (χ0v) is 23.0. The predicted molar refractivity (Wildman–Crippen MR) is 137 cm³/mol. The predicted octanol–water partition coefficient (Wildman–Crippen LogP) is 5.19. The van der Waals surface area contributed by atoms with Gasteiger partial charge in [0.1, 0.15) is 17.7 Å². The van der Waals surface area contributed by atoms with Crippen LogP contribution in [0.2, 0.25) is 0 Å². The first-order chi connectivity index (χ1) is 15.5. The van der Waals surface area contributed by atoms with E-state index in [4.69, 9.17) is 4.74 Å². The fraction of sp³-hybridized carbons (Fsp3) is 0.667. The maximum absolute atomic E-state index is 13.8. The Morgan fingerprint density at radius 2 is 1.59 bits per heavy atom. The number of carbonyl (C=O) groups excluding carboxylic acids is 3. The van der Waals surface area contributed by atoms with Crippen LogP contribution >= 0.6 is 0 Å². The third kappa shape index (κ3) is 8.65. The quantitative estimate of drug-likeness (QED) is 0.542. The highest BCUT2D eigenvalue weighted by atomic mass is 16.6. The molecule has 0 bridgehead atoms. The molecule has 3 amide bonds. The highest BCUT2D eigenvalue weighted by Gasteiger charge is 2.41. The Bertz CT molecular complexity index is 868. The molecule has 7 nitrogen and oxygen atoms in total. The molecule has 2 N–H and O–H groups in total. The van der Waals surface area contributed by atoms with Crippen LogP contribution in [0.15, 0.2) is 18.2 Å². The van der Waals surface area contributed by atoms with Gasteiger partial charge in [-0.1, -0.05) is 37.1 Å². The van der Waals surface area contributed by atoms with Crippen molar-refractivity contribution in [2.45, 2.75) is 118 Å². The van der Waals surface area contributed by atoms with Crippen molar-refractivity contribution in [2.24, 2.45) is 0 Å². The first-order valence-electron chi connectivity index (χ1n) is 12.2. The van der Waals surface area contributed by atoms with Crippen molar-refractivity contribution < 1.29 is 19.1 Å². The molecule has 0 saturated heterocycles. The molecule has 1 aromatic rings. The fourth-order valence-electron chi connectivity index (χ4n) is 3.88. The van der Waals surface area contributed by atoms with Crippen LogP contribution in [0, 0.1) is 13.8 Å². The first kappa shape index (κ1) is 29.5. The minimum absolute atomic E-state index is 0.0284. The Kier molecular flexibility index (Phi) is 10.2. The van der Waals surface area contributed by atoms with E-state index in [0.717, 1.165) is 29.5 Å². The van der Waals surface area contributed by atoms with E-state index in [9.17, 15) is 14.4 Å². The summed E-state index contributed by atoms with van der Waals surface area (Å²) in [5, 5.41) is 5.74. The van der Waals surface area contributed by atoms with E-state index in [2.05, 4.69) is 17.6 Å². The molecule has 1 aromatic carbocycles. The number of nitrogens with zero attached hydrogens (tertiary/aromatic N) is 1. The van der Waals surface area contributed by atoms with Gasteiger partial charge in [0.2, 0.25) is 11.8 Å². The summed E-state index contributed by atoms with van der Waals surface area (Å²) in [6.07, 6.45) is 1.10. The zero-order valence-electron chi connectivity index (χ0n) is 23.0. The van der Waals surface area contributed by atoms with E-state index in [-0.39, 0.29) is 17.9 Å². The molecule has 0 aliphatic rings. The summed E-state index contributed by atoms with van der Waals surface area (Å²) in [5.74, 6) is -0.593. The smallest absolute Gasteiger partial charge is 0.408 e. The number of alkyl carbamates (subject to hydrolysis) is 1. The topological polar surface area (TPSA) is 87.7 Å². The number of carbonyl (C=O) groups is 3. The molecule has 3 atom stereocenters. The second-order valence-corrected chi connectivity index (χ2v) is 11.2. The van der Waals surface area contributed by atoms with E-state index < -0.39 is 29.3 Å². The molecule has 3 unspecified atom stereocenters. The van der Waals surface area contributed by atoms with Gasteiger partial charge in [0, 0.05) is 11.6 Å². The average Bonchev–Trinajstić information content (AvgIpc) is 2.65. The lowest BCUT2D eigenvalue weighted by Gasteiger charge is -2.43. The van der Waals surface area contributed by atoms with Gasteiger partial charge in [0.15, 0.2) is 0 Å². The molecule has 0 saturated carbocycles. The van der Waals surface area contributed by atoms with E-state index in [1.54, 1.807) is 32.6 Å². The van der Waals surface area contributed by atoms with E-state index in [1.165, 1.54) is 0 Å². The molecule has 1 rings (SSSR count). The molecule has 0 aliphatic carbocycles. The van der Waals surface area contributed by atoms with Crippen LogP contribution in [-0.2, 0) is 14.3 Å². The lowest BCUT2D eigenvalue weighted by atomic mass is 9.92. The molecule has 0 fully saturated rings. The molecule has 7 heteroatoms. The van der Waals surface area contributed by atoms with Gasteiger partial charge in [-0.05, 0) is 86.8 Å². The Balaban J connectivity index is 3.48. The van der Waals surface area contributed by atoms with Crippen molar-refractivity contribution in [3.8, 4) is 0 Å². The standard InChI is InChI=1S/C27H45N3O4/c1-12-13-19(4)28-23(31)22(21-16-17(2)14-15-18(21)3)30(26(6,7)8)24(32)20(5)29-25(33)34-27(9,10)11/h14-16,19-20,22H,12-13H2,1-11H3,(H,28,31)(H,29,33). The third-order valence-corrected chi connectivity index (χ3v) is 5.41. The minimum Gasteiger partial charge on any atom is -0.444 e. The van der Waals surface area contributed by atoms with Crippen molar-refractivity contribution >= 4 is 17.9 Å². The van der Waals surface area contributed by atoms with E-state index in [0.29, 0.717) is 0 Å².